The lowest BCUT2D eigenvalue weighted by molar-refractivity contribution is 0.0954. The molecule has 0 aliphatic carbocycles. The highest BCUT2D eigenvalue weighted by Gasteiger charge is 2.20. The molecule has 19 heavy (non-hydrogen) atoms. The molecule has 0 aliphatic heterocycles. The number of Topliss-reactive ketones (excluding diaryl/α,β-unsaturated/α-hetero) is 1. The first-order valence-corrected chi connectivity index (χ1v) is 6.88. The van der Waals surface area contributed by atoms with Gasteiger partial charge < -0.3 is 0 Å². The second-order valence-corrected chi connectivity index (χ2v) is 4.98. The van der Waals surface area contributed by atoms with Gasteiger partial charge in [-0.3, -0.25) is 4.79 Å². The first kappa shape index (κ1) is 13.5. The molecule has 0 bridgehead atoms. The van der Waals surface area contributed by atoms with E-state index in [1.807, 2.05) is 30.3 Å². The van der Waals surface area contributed by atoms with Gasteiger partial charge in [-0.25, -0.2) is 0 Å². The quantitative estimate of drug-likeness (QED) is 0.701. The van der Waals surface area contributed by atoms with Crippen molar-refractivity contribution in [2.45, 2.75) is 32.6 Å². The Morgan fingerprint density at radius 3 is 2.21 bits per heavy atom. The Labute approximate surface area is 115 Å². The van der Waals surface area contributed by atoms with Crippen LogP contribution in [0.15, 0.2) is 54.6 Å². The molecular formula is C18H20O. The number of carbonyl (C=O) groups is 1. The normalized spacial score (nSPS) is 12.1. The van der Waals surface area contributed by atoms with E-state index in [1.165, 1.54) is 5.56 Å². The van der Waals surface area contributed by atoms with E-state index < -0.39 is 0 Å². The second kappa shape index (κ2) is 6.33. The average molecular weight is 252 g/mol. The third-order valence-corrected chi connectivity index (χ3v) is 3.43. The Kier molecular flexibility index (Phi) is 4.51. The summed E-state index contributed by atoms with van der Waals surface area (Å²) >= 11 is 0. The monoisotopic (exact) mass is 252 g/mol. The van der Waals surface area contributed by atoms with Crippen molar-refractivity contribution in [2.75, 3.05) is 0 Å². The Morgan fingerprint density at radius 1 is 1.00 bits per heavy atom. The van der Waals surface area contributed by atoms with Crippen LogP contribution >= 0.6 is 0 Å². The van der Waals surface area contributed by atoms with Gasteiger partial charge in [-0.1, -0.05) is 73.5 Å². The number of ketones is 1. The van der Waals surface area contributed by atoms with Crippen molar-refractivity contribution in [3.8, 4) is 0 Å². The summed E-state index contributed by atoms with van der Waals surface area (Å²) < 4.78 is 0. The fourth-order valence-electron chi connectivity index (χ4n) is 2.34. The summed E-state index contributed by atoms with van der Waals surface area (Å²) in [5, 5.41) is 0. The summed E-state index contributed by atoms with van der Waals surface area (Å²) in [6.07, 6.45) is 1.91. The standard InChI is InChI=1S/C18H20O/c1-3-7-17(15-12-10-14(2)11-13-15)18(19)16-8-5-4-6-9-16/h4-6,8-13,17H,3,7H2,1-2H3. The van der Waals surface area contributed by atoms with Crippen LogP contribution in [-0.2, 0) is 0 Å². The zero-order valence-corrected chi connectivity index (χ0v) is 11.6. The summed E-state index contributed by atoms with van der Waals surface area (Å²) in [6, 6.07) is 17.9. The molecule has 0 spiro atoms. The van der Waals surface area contributed by atoms with Crippen LogP contribution in [0.25, 0.3) is 0 Å². The van der Waals surface area contributed by atoms with Crippen molar-refractivity contribution < 1.29 is 4.79 Å². The smallest absolute Gasteiger partial charge is 0.170 e. The molecule has 0 fully saturated rings. The summed E-state index contributed by atoms with van der Waals surface area (Å²) in [4.78, 5) is 12.6. The van der Waals surface area contributed by atoms with Gasteiger partial charge in [0.25, 0.3) is 0 Å². The molecule has 1 nitrogen and oxygen atoms in total. The molecule has 2 aromatic rings. The van der Waals surface area contributed by atoms with Gasteiger partial charge in [-0.15, -0.1) is 0 Å². The van der Waals surface area contributed by atoms with Gasteiger partial charge in [-0.2, -0.15) is 0 Å². The third kappa shape index (κ3) is 3.31. The highest BCUT2D eigenvalue weighted by molar-refractivity contribution is 6.00. The first-order valence-electron chi connectivity index (χ1n) is 6.88. The molecule has 0 saturated carbocycles. The largest absolute Gasteiger partial charge is 0.293 e. The van der Waals surface area contributed by atoms with Crippen molar-refractivity contribution in [3.63, 3.8) is 0 Å². The number of carbonyl (C=O) groups excluding carboxylic acids is 1. The molecule has 1 unspecified atom stereocenters. The van der Waals surface area contributed by atoms with Crippen LogP contribution < -0.4 is 0 Å². The van der Waals surface area contributed by atoms with Crippen molar-refractivity contribution in [1.29, 1.82) is 0 Å². The molecule has 0 aromatic heterocycles. The van der Waals surface area contributed by atoms with E-state index >= 15 is 0 Å². The maximum absolute atomic E-state index is 12.6. The average Bonchev–Trinajstić information content (AvgIpc) is 2.46. The molecule has 0 radical (unpaired) electrons. The van der Waals surface area contributed by atoms with Crippen LogP contribution in [0, 0.1) is 6.92 Å². The van der Waals surface area contributed by atoms with E-state index in [4.69, 9.17) is 0 Å². The maximum Gasteiger partial charge on any atom is 0.170 e. The Morgan fingerprint density at radius 2 is 1.63 bits per heavy atom. The summed E-state index contributed by atoms with van der Waals surface area (Å²) in [6.45, 7) is 4.19. The molecule has 0 heterocycles. The van der Waals surface area contributed by atoms with Gasteiger partial charge in [0.15, 0.2) is 5.78 Å². The van der Waals surface area contributed by atoms with Crippen LogP contribution in [-0.4, -0.2) is 5.78 Å². The number of hydrogen-bond donors (Lipinski definition) is 0. The Balaban J connectivity index is 2.30. The van der Waals surface area contributed by atoms with E-state index in [1.54, 1.807) is 0 Å². The van der Waals surface area contributed by atoms with Crippen molar-refractivity contribution >= 4 is 5.78 Å². The number of rotatable bonds is 5. The van der Waals surface area contributed by atoms with Crippen LogP contribution in [0.5, 0.6) is 0 Å². The van der Waals surface area contributed by atoms with E-state index in [9.17, 15) is 4.79 Å². The Bertz CT molecular complexity index is 525. The zero-order chi connectivity index (χ0) is 13.7. The number of hydrogen-bond acceptors (Lipinski definition) is 1. The predicted molar refractivity (Wildman–Crippen MR) is 79.6 cm³/mol. The molecule has 0 amide bonds. The third-order valence-electron chi connectivity index (χ3n) is 3.43. The molecule has 0 aliphatic rings. The Hall–Kier alpha value is -1.89. The lowest BCUT2D eigenvalue weighted by atomic mass is 9.87. The van der Waals surface area contributed by atoms with E-state index in [0.29, 0.717) is 0 Å². The lowest BCUT2D eigenvalue weighted by Gasteiger charge is -2.16. The van der Waals surface area contributed by atoms with Crippen molar-refractivity contribution in [1.82, 2.24) is 0 Å². The first-order chi connectivity index (χ1) is 9.22. The molecule has 98 valence electrons. The minimum Gasteiger partial charge on any atom is -0.293 e. The molecule has 2 rings (SSSR count). The lowest BCUT2D eigenvalue weighted by Crippen LogP contribution is -2.13. The van der Waals surface area contributed by atoms with Crippen molar-refractivity contribution in [3.05, 3.63) is 71.3 Å². The highest BCUT2D eigenvalue weighted by Crippen LogP contribution is 2.26. The van der Waals surface area contributed by atoms with Crippen LogP contribution in [0.3, 0.4) is 0 Å². The maximum atomic E-state index is 12.6. The molecule has 0 saturated heterocycles. The van der Waals surface area contributed by atoms with Gasteiger partial charge in [-0.05, 0) is 18.9 Å². The van der Waals surface area contributed by atoms with Crippen LogP contribution in [0.4, 0.5) is 0 Å². The van der Waals surface area contributed by atoms with E-state index in [2.05, 4.69) is 38.1 Å². The van der Waals surface area contributed by atoms with Crippen molar-refractivity contribution in [2.24, 2.45) is 0 Å². The SMILES string of the molecule is CCCC(C(=O)c1ccccc1)c1ccc(C)cc1. The molecule has 1 heteroatoms. The van der Waals surface area contributed by atoms with E-state index in [0.717, 1.165) is 24.0 Å². The van der Waals surface area contributed by atoms with Crippen LogP contribution in [0.2, 0.25) is 0 Å². The van der Waals surface area contributed by atoms with Crippen LogP contribution in [0.1, 0.15) is 47.2 Å². The zero-order valence-electron chi connectivity index (χ0n) is 11.6. The second-order valence-electron chi connectivity index (χ2n) is 4.98. The minimum atomic E-state index is -0.0204. The van der Waals surface area contributed by atoms with E-state index in [-0.39, 0.29) is 11.7 Å². The van der Waals surface area contributed by atoms with Gasteiger partial charge in [0.2, 0.25) is 0 Å². The summed E-state index contributed by atoms with van der Waals surface area (Å²) in [5.41, 5.74) is 3.16. The molecule has 2 aromatic carbocycles. The fourth-order valence-corrected chi connectivity index (χ4v) is 2.34. The molecule has 0 N–H and O–H groups in total. The topological polar surface area (TPSA) is 17.1 Å². The highest BCUT2D eigenvalue weighted by atomic mass is 16.1. The predicted octanol–water partition coefficient (Wildman–Crippen LogP) is 4.76. The minimum absolute atomic E-state index is 0.0204. The summed E-state index contributed by atoms with van der Waals surface area (Å²) in [7, 11) is 0. The molecular weight excluding hydrogens is 232 g/mol. The van der Waals surface area contributed by atoms with Gasteiger partial charge in [0.05, 0.1) is 0 Å². The number of benzene rings is 2. The molecule has 1 atom stereocenters. The number of aryl methyl sites for hydroxylation is 1. The fraction of sp³-hybridized carbons (Fsp3) is 0.278. The van der Waals surface area contributed by atoms with Gasteiger partial charge in [0, 0.05) is 11.5 Å². The van der Waals surface area contributed by atoms with Gasteiger partial charge in [0.1, 0.15) is 0 Å². The van der Waals surface area contributed by atoms with Gasteiger partial charge >= 0.3 is 0 Å². The summed E-state index contributed by atoms with van der Waals surface area (Å²) in [5.74, 6) is 0.208.